The minimum absolute atomic E-state index is 0.0264. The summed E-state index contributed by atoms with van der Waals surface area (Å²) in [7, 11) is 3.24. The minimum Gasteiger partial charge on any atom is -0.493 e. The molecule has 2 atom stereocenters. The molecule has 2 aromatic carbocycles. The van der Waals surface area contributed by atoms with Crippen LogP contribution in [0, 0.1) is 0 Å². The van der Waals surface area contributed by atoms with Crippen LogP contribution in [0.4, 0.5) is 5.69 Å². The summed E-state index contributed by atoms with van der Waals surface area (Å²) in [6.45, 7) is 0.194. The zero-order valence-corrected chi connectivity index (χ0v) is 19.0. The molecule has 7 heteroatoms. The van der Waals surface area contributed by atoms with Gasteiger partial charge in [0.05, 0.1) is 25.8 Å². The molecule has 0 saturated heterocycles. The fraction of sp³-hybridized carbons (Fsp3) is 0.259. The van der Waals surface area contributed by atoms with Crippen LogP contribution in [0.2, 0.25) is 0 Å². The SMILES string of the molecule is COc1ccc([C@H]2CC(=O)C3=C(C2)Nc2cc4c(cc2[C@@H]3c2ccccn2)OCO4)cc1OC. The molecular formula is C27H24N2O5. The number of allylic oxidation sites excluding steroid dienone is 2. The second-order valence-corrected chi connectivity index (χ2v) is 8.64. The number of rotatable bonds is 4. The number of ketones is 1. The second kappa shape index (κ2) is 8.09. The van der Waals surface area contributed by atoms with Crippen molar-refractivity contribution in [1.82, 2.24) is 4.98 Å². The van der Waals surface area contributed by atoms with Gasteiger partial charge in [-0.1, -0.05) is 12.1 Å². The van der Waals surface area contributed by atoms with Crippen LogP contribution in [-0.2, 0) is 4.79 Å². The average molecular weight is 456 g/mol. The molecule has 0 bridgehead atoms. The van der Waals surface area contributed by atoms with E-state index in [2.05, 4.69) is 10.3 Å². The van der Waals surface area contributed by atoms with Gasteiger partial charge in [-0.3, -0.25) is 9.78 Å². The summed E-state index contributed by atoms with van der Waals surface area (Å²) < 4.78 is 22.1. The van der Waals surface area contributed by atoms with Gasteiger partial charge in [0.15, 0.2) is 28.8 Å². The molecule has 0 unspecified atom stereocenters. The lowest BCUT2D eigenvalue weighted by atomic mass is 9.73. The van der Waals surface area contributed by atoms with E-state index in [9.17, 15) is 4.79 Å². The summed E-state index contributed by atoms with van der Waals surface area (Å²) in [4.78, 5) is 18.3. The van der Waals surface area contributed by atoms with E-state index in [0.717, 1.165) is 33.8 Å². The zero-order valence-electron chi connectivity index (χ0n) is 19.0. The number of Topliss-reactive ketones (excluding diaryl/α,β-unsaturated/α-hetero) is 1. The molecule has 0 saturated carbocycles. The van der Waals surface area contributed by atoms with Gasteiger partial charge < -0.3 is 24.3 Å². The molecule has 3 aromatic rings. The first-order valence-electron chi connectivity index (χ1n) is 11.3. The minimum atomic E-state index is -0.263. The monoisotopic (exact) mass is 456 g/mol. The van der Waals surface area contributed by atoms with Crippen molar-refractivity contribution < 1.29 is 23.7 Å². The normalized spacial score (nSPS) is 20.4. The maximum atomic E-state index is 13.7. The smallest absolute Gasteiger partial charge is 0.231 e. The molecular weight excluding hydrogens is 432 g/mol. The highest BCUT2D eigenvalue weighted by Crippen LogP contribution is 2.51. The number of nitrogens with zero attached hydrogens (tertiary/aromatic N) is 1. The largest absolute Gasteiger partial charge is 0.493 e. The molecule has 6 rings (SSSR count). The molecule has 2 aliphatic heterocycles. The van der Waals surface area contributed by atoms with Crippen molar-refractivity contribution in [3.05, 3.63) is 82.8 Å². The Morgan fingerprint density at radius 3 is 2.56 bits per heavy atom. The van der Waals surface area contributed by atoms with E-state index in [1.54, 1.807) is 20.4 Å². The van der Waals surface area contributed by atoms with Crippen molar-refractivity contribution in [1.29, 1.82) is 0 Å². The van der Waals surface area contributed by atoms with Crippen LogP contribution in [0.3, 0.4) is 0 Å². The number of carbonyl (C=O) groups excluding carboxylic acids is 1. The Balaban J connectivity index is 1.44. The van der Waals surface area contributed by atoms with E-state index in [-0.39, 0.29) is 24.4 Å². The summed E-state index contributed by atoms with van der Waals surface area (Å²) in [5.41, 5.74) is 5.48. The number of hydrogen-bond donors (Lipinski definition) is 1. The third-order valence-electron chi connectivity index (χ3n) is 6.80. The number of carbonyl (C=O) groups is 1. The first-order chi connectivity index (χ1) is 16.7. The number of aromatic nitrogens is 1. The zero-order chi connectivity index (χ0) is 23.2. The van der Waals surface area contributed by atoms with Crippen LogP contribution in [0.5, 0.6) is 23.0 Å². The Kier molecular flexibility index (Phi) is 4.90. The van der Waals surface area contributed by atoms with Crippen LogP contribution in [0.1, 0.15) is 41.5 Å². The number of hydrogen-bond acceptors (Lipinski definition) is 7. The van der Waals surface area contributed by atoms with E-state index in [4.69, 9.17) is 18.9 Å². The Labute approximate surface area is 197 Å². The highest BCUT2D eigenvalue weighted by molar-refractivity contribution is 6.01. The number of pyridine rings is 1. The van der Waals surface area contributed by atoms with Gasteiger partial charge in [-0.05, 0) is 53.8 Å². The van der Waals surface area contributed by atoms with Gasteiger partial charge in [-0.2, -0.15) is 0 Å². The van der Waals surface area contributed by atoms with Crippen molar-refractivity contribution >= 4 is 11.5 Å². The van der Waals surface area contributed by atoms with Crippen molar-refractivity contribution in [2.75, 3.05) is 26.3 Å². The van der Waals surface area contributed by atoms with Crippen LogP contribution >= 0.6 is 0 Å². The number of nitrogens with one attached hydrogen (secondary N) is 1. The molecule has 3 aliphatic rings. The first kappa shape index (κ1) is 20.6. The molecule has 7 nitrogen and oxygen atoms in total. The molecule has 0 radical (unpaired) electrons. The average Bonchev–Trinajstić information content (AvgIpc) is 3.33. The van der Waals surface area contributed by atoms with Crippen molar-refractivity contribution in [3.63, 3.8) is 0 Å². The maximum absolute atomic E-state index is 13.7. The number of ether oxygens (including phenoxy) is 4. The summed E-state index contributed by atoms with van der Waals surface area (Å²) in [5, 5.41) is 3.55. The van der Waals surface area contributed by atoms with E-state index >= 15 is 0 Å². The topological polar surface area (TPSA) is 78.9 Å². The van der Waals surface area contributed by atoms with Gasteiger partial charge in [-0.25, -0.2) is 0 Å². The second-order valence-electron chi connectivity index (χ2n) is 8.64. The third-order valence-corrected chi connectivity index (χ3v) is 6.80. The lowest BCUT2D eigenvalue weighted by Crippen LogP contribution is -2.30. The van der Waals surface area contributed by atoms with Crippen molar-refractivity contribution in [2.24, 2.45) is 0 Å². The number of fused-ring (bicyclic) bond motifs is 2. The Hall–Kier alpha value is -4.00. The van der Waals surface area contributed by atoms with E-state index < -0.39 is 0 Å². The van der Waals surface area contributed by atoms with Crippen LogP contribution in [0.15, 0.2) is 66.0 Å². The summed E-state index contributed by atoms with van der Waals surface area (Å²) in [6.07, 6.45) is 2.89. The van der Waals surface area contributed by atoms with Gasteiger partial charge in [0.1, 0.15) is 0 Å². The number of benzene rings is 2. The first-order valence-corrected chi connectivity index (χ1v) is 11.3. The summed E-state index contributed by atoms with van der Waals surface area (Å²) in [6, 6.07) is 15.6. The molecule has 3 heterocycles. The Bertz CT molecular complexity index is 1320. The number of anilines is 1. The molecule has 0 fully saturated rings. The van der Waals surface area contributed by atoms with Crippen LogP contribution in [-0.4, -0.2) is 31.8 Å². The molecule has 1 N–H and O–H groups in total. The third kappa shape index (κ3) is 3.27. The quantitative estimate of drug-likeness (QED) is 0.605. The van der Waals surface area contributed by atoms with Gasteiger partial charge in [0.2, 0.25) is 6.79 Å². The summed E-state index contributed by atoms with van der Waals surface area (Å²) >= 11 is 0. The maximum Gasteiger partial charge on any atom is 0.231 e. The molecule has 34 heavy (non-hydrogen) atoms. The van der Waals surface area contributed by atoms with Crippen molar-refractivity contribution in [2.45, 2.75) is 24.7 Å². The standard InChI is InChI=1S/C27H24N2O5/c1-31-22-7-6-15(11-23(22)32-2)16-9-20-27(21(30)10-16)26(18-5-3-4-8-28-18)17-12-24-25(34-14-33-24)13-19(17)29-20/h3-8,11-13,16,26,29H,9-10,14H2,1-2H3/t16-,26-/m1/s1. The molecule has 1 aliphatic carbocycles. The molecule has 172 valence electrons. The van der Waals surface area contributed by atoms with E-state index in [0.29, 0.717) is 35.8 Å². The van der Waals surface area contributed by atoms with Crippen LogP contribution in [0.25, 0.3) is 0 Å². The van der Waals surface area contributed by atoms with E-state index in [1.165, 1.54) is 0 Å². The van der Waals surface area contributed by atoms with Crippen LogP contribution < -0.4 is 24.3 Å². The fourth-order valence-electron chi connectivity index (χ4n) is 5.20. The van der Waals surface area contributed by atoms with Gasteiger partial charge in [0.25, 0.3) is 0 Å². The lowest BCUT2D eigenvalue weighted by molar-refractivity contribution is -0.116. The highest BCUT2D eigenvalue weighted by atomic mass is 16.7. The van der Waals surface area contributed by atoms with E-state index in [1.807, 2.05) is 48.5 Å². The van der Waals surface area contributed by atoms with Gasteiger partial charge >= 0.3 is 0 Å². The van der Waals surface area contributed by atoms with Crippen molar-refractivity contribution in [3.8, 4) is 23.0 Å². The Morgan fingerprint density at radius 1 is 0.971 bits per heavy atom. The van der Waals surface area contributed by atoms with Gasteiger partial charge in [0, 0.05) is 35.6 Å². The molecule has 0 amide bonds. The Morgan fingerprint density at radius 2 is 1.79 bits per heavy atom. The summed E-state index contributed by atoms with van der Waals surface area (Å²) in [5.74, 6) is 2.61. The molecule has 1 aromatic heterocycles. The number of methoxy groups -OCH3 is 2. The predicted octanol–water partition coefficient (Wildman–Crippen LogP) is 4.79. The lowest BCUT2D eigenvalue weighted by Gasteiger charge is -2.36. The van der Waals surface area contributed by atoms with Gasteiger partial charge in [-0.15, -0.1) is 0 Å². The highest BCUT2D eigenvalue weighted by Gasteiger charge is 2.40. The predicted molar refractivity (Wildman–Crippen MR) is 126 cm³/mol. The molecule has 0 spiro atoms. The fourth-order valence-corrected chi connectivity index (χ4v) is 5.20.